The number of anilines is 4. The predicted octanol–water partition coefficient (Wildman–Crippen LogP) is 10.1. The van der Waals surface area contributed by atoms with Crippen LogP contribution in [0.4, 0.5) is 22.7 Å². The summed E-state index contributed by atoms with van der Waals surface area (Å²) in [6, 6.07) is 33.5. The molecule has 0 radical (unpaired) electrons. The van der Waals surface area contributed by atoms with Gasteiger partial charge in [-0.15, -0.1) is 0 Å². The highest BCUT2D eigenvalue weighted by molar-refractivity contribution is 5.96. The van der Waals surface area contributed by atoms with Crippen molar-refractivity contribution in [1.82, 2.24) is 9.97 Å². The molecule has 0 bridgehead atoms. The van der Waals surface area contributed by atoms with Gasteiger partial charge in [-0.25, -0.2) is 9.59 Å². The van der Waals surface area contributed by atoms with Crippen LogP contribution in [0.3, 0.4) is 0 Å². The average molecular weight is 665 g/mol. The molecule has 4 aromatic carbocycles. The van der Waals surface area contributed by atoms with Crippen LogP contribution >= 0.6 is 0 Å². The Kier molecular flexibility index (Phi) is 13.2. The third-order valence-corrected chi connectivity index (χ3v) is 7.94. The van der Waals surface area contributed by atoms with Gasteiger partial charge in [0.2, 0.25) is 0 Å². The number of carboxylic acids is 2. The van der Waals surface area contributed by atoms with Crippen LogP contribution in [0.25, 0.3) is 12.2 Å². The number of nitrogens with zero attached hydrogens (tertiary/aromatic N) is 2. The van der Waals surface area contributed by atoms with Crippen molar-refractivity contribution < 1.29 is 19.8 Å². The molecule has 0 unspecified atom stereocenters. The van der Waals surface area contributed by atoms with Crippen molar-refractivity contribution in [3.63, 3.8) is 0 Å². The van der Waals surface area contributed by atoms with Gasteiger partial charge in [-0.1, -0.05) is 60.7 Å². The first kappa shape index (κ1) is 36.3. The molecule has 0 aliphatic carbocycles. The van der Waals surface area contributed by atoms with E-state index in [0.717, 1.165) is 33.6 Å². The molecule has 8 nitrogen and oxygen atoms in total. The Morgan fingerprint density at radius 2 is 0.820 bits per heavy atom. The van der Waals surface area contributed by atoms with Crippen molar-refractivity contribution in [2.45, 2.75) is 27.7 Å². The van der Waals surface area contributed by atoms with E-state index < -0.39 is 11.9 Å². The van der Waals surface area contributed by atoms with Gasteiger partial charge < -0.3 is 20.8 Å². The number of nitrogens with one attached hydrogen (secondary N) is 2. The van der Waals surface area contributed by atoms with Gasteiger partial charge in [0, 0.05) is 36.2 Å². The van der Waals surface area contributed by atoms with Gasteiger partial charge >= 0.3 is 11.9 Å². The summed E-state index contributed by atoms with van der Waals surface area (Å²) in [7, 11) is 0. The minimum atomic E-state index is -0.927. The number of aromatic nitrogens is 2. The number of para-hydroxylation sites is 2. The normalized spacial score (nSPS) is 10.2. The largest absolute Gasteiger partial charge is 0.478 e. The molecule has 0 fully saturated rings. The molecule has 6 aromatic rings. The highest BCUT2D eigenvalue weighted by Crippen LogP contribution is 2.26. The zero-order chi connectivity index (χ0) is 35.9. The third-order valence-electron chi connectivity index (χ3n) is 7.94. The summed E-state index contributed by atoms with van der Waals surface area (Å²) in [6.07, 6.45) is 11.2. The maximum Gasteiger partial charge on any atom is 0.337 e. The molecule has 0 saturated heterocycles. The van der Waals surface area contributed by atoms with E-state index in [1.54, 1.807) is 61.2 Å². The summed E-state index contributed by atoms with van der Waals surface area (Å²) >= 11 is 0. The molecule has 0 amide bonds. The molecule has 0 atom stereocenters. The second-order valence-corrected chi connectivity index (χ2v) is 11.3. The fourth-order valence-corrected chi connectivity index (χ4v) is 4.76. The molecular formula is C42H40N4O4. The van der Waals surface area contributed by atoms with E-state index in [4.69, 9.17) is 10.2 Å². The molecule has 0 aliphatic rings. The molecule has 4 N–H and O–H groups in total. The van der Waals surface area contributed by atoms with E-state index in [1.165, 1.54) is 11.1 Å². The SMILES string of the molecule is C(=C\c1ccncc1)/c1ccncc1.Cc1cccc(Nc2ccccc2C(=O)O)c1C.Cc1cccc(Nc2ccccc2C(=O)O)c1C. The summed E-state index contributed by atoms with van der Waals surface area (Å²) < 4.78 is 0. The van der Waals surface area contributed by atoms with Gasteiger partial charge in [-0.05, 0) is 122 Å². The third kappa shape index (κ3) is 10.5. The van der Waals surface area contributed by atoms with E-state index in [0.29, 0.717) is 11.4 Å². The van der Waals surface area contributed by atoms with Crippen molar-refractivity contribution in [1.29, 1.82) is 0 Å². The molecule has 2 aromatic heterocycles. The van der Waals surface area contributed by atoms with Crippen molar-refractivity contribution in [2.24, 2.45) is 0 Å². The Labute approximate surface area is 292 Å². The van der Waals surface area contributed by atoms with Gasteiger partial charge in [0.1, 0.15) is 0 Å². The van der Waals surface area contributed by atoms with Crippen molar-refractivity contribution in [3.05, 3.63) is 178 Å². The Morgan fingerprint density at radius 3 is 1.18 bits per heavy atom. The number of rotatable bonds is 8. The summed E-state index contributed by atoms with van der Waals surface area (Å²) in [5.74, 6) is -1.85. The molecule has 0 aliphatic heterocycles. The van der Waals surface area contributed by atoms with Crippen LogP contribution in [0.1, 0.15) is 54.1 Å². The van der Waals surface area contributed by atoms with Gasteiger partial charge in [0.25, 0.3) is 0 Å². The topological polar surface area (TPSA) is 124 Å². The number of carboxylic acid groups (broad SMARTS) is 2. The van der Waals surface area contributed by atoms with Gasteiger partial charge in [0.05, 0.1) is 22.5 Å². The van der Waals surface area contributed by atoms with Gasteiger partial charge in [-0.2, -0.15) is 0 Å². The van der Waals surface area contributed by atoms with E-state index in [9.17, 15) is 9.59 Å². The number of carbonyl (C=O) groups is 2. The maximum atomic E-state index is 11.1. The summed E-state index contributed by atoms with van der Waals surface area (Å²) in [4.78, 5) is 30.2. The lowest BCUT2D eigenvalue weighted by Crippen LogP contribution is -2.03. The first-order valence-corrected chi connectivity index (χ1v) is 15.9. The van der Waals surface area contributed by atoms with Crippen LogP contribution in [0.2, 0.25) is 0 Å². The first-order valence-electron chi connectivity index (χ1n) is 15.9. The first-order chi connectivity index (χ1) is 24.1. The minimum Gasteiger partial charge on any atom is -0.478 e. The molecular weight excluding hydrogens is 624 g/mol. The molecule has 0 saturated carbocycles. The van der Waals surface area contributed by atoms with E-state index in [1.807, 2.05) is 100 Å². The Bertz CT molecular complexity index is 1910. The summed E-state index contributed by atoms with van der Waals surface area (Å²) in [5.41, 5.74) is 10.5. The van der Waals surface area contributed by atoms with Gasteiger partial charge in [-0.3, -0.25) is 9.97 Å². The Hall–Kier alpha value is -6.54. The maximum absolute atomic E-state index is 11.1. The number of aromatic carboxylic acids is 2. The van der Waals surface area contributed by atoms with Crippen LogP contribution in [0.15, 0.2) is 134 Å². The zero-order valence-corrected chi connectivity index (χ0v) is 28.5. The lowest BCUT2D eigenvalue weighted by atomic mass is 10.1. The highest BCUT2D eigenvalue weighted by atomic mass is 16.4. The summed E-state index contributed by atoms with van der Waals surface area (Å²) in [6.45, 7) is 8.09. The molecule has 8 heteroatoms. The number of pyridine rings is 2. The van der Waals surface area contributed by atoms with Crippen molar-refractivity contribution in [3.8, 4) is 0 Å². The quantitative estimate of drug-likeness (QED) is 0.127. The second-order valence-electron chi connectivity index (χ2n) is 11.3. The van der Waals surface area contributed by atoms with E-state index in [-0.39, 0.29) is 11.1 Å². The fourth-order valence-electron chi connectivity index (χ4n) is 4.76. The number of benzene rings is 4. The van der Waals surface area contributed by atoms with E-state index in [2.05, 4.69) is 32.8 Å². The van der Waals surface area contributed by atoms with Crippen LogP contribution in [-0.2, 0) is 0 Å². The molecule has 2 heterocycles. The zero-order valence-electron chi connectivity index (χ0n) is 28.5. The molecule has 6 rings (SSSR count). The Morgan fingerprint density at radius 1 is 0.480 bits per heavy atom. The minimum absolute atomic E-state index is 0.276. The average Bonchev–Trinajstić information content (AvgIpc) is 3.13. The number of hydrogen-bond donors (Lipinski definition) is 4. The van der Waals surface area contributed by atoms with Gasteiger partial charge in [0.15, 0.2) is 0 Å². The number of aryl methyl sites for hydroxylation is 2. The van der Waals surface area contributed by atoms with Crippen LogP contribution in [0, 0.1) is 27.7 Å². The standard InChI is InChI=1S/2C15H15NO2.C12H10N2/c2*1-10-6-5-9-13(11(10)2)16-14-8-4-3-7-12(14)15(17)18;1(11-3-7-13-8-4-11)2-12-5-9-14-10-6-12/h2*3-9,16H,1-2H3,(H,17,18);1-10H/b;;2-1+. The monoisotopic (exact) mass is 664 g/mol. The lowest BCUT2D eigenvalue weighted by Gasteiger charge is -2.13. The molecule has 252 valence electrons. The molecule has 0 spiro atoms. The van der Waals surface area contributed by atoms with E-state index >= 15 is 0 Å². The lowest BCUT2D eigenvalue weighted by molar-refractivity contribution is 0.0687. The van der Waals surface area contributed by atoms with Crippen molar-refractivity contribution in [2.75, 3.05) is 10.6 Å². The predicted molar refractivity (Wildman–Crippen MR) is 203 cm³/mol. The smallest absolute Gasteiger partial charge is 0.337 e. The van der Waals surface area contributed by atoms with Crippen LogP contribution in [0.5, 0.6) is 0 Å². The Balaban J connectivity index is 0.000000170. The summed E-state index contributed by atoms with van der Waals surface area (Å²) in [5, 5.41) is 24.6. The fraction of sp³-hybridized carbons (Fsp3) is 0.0952. The number of hydrogen-bond acceptors (Lipinski definition) is 6. The highest BCUT2D eigenvalue weighted by Gasteiger charge is 2.11. The van der Waals surface area contributed by atoms with Crippen molar-refractivity contribution >= 4 is 46.8 Å². The van der Waals surface area contributed by atoms with Crippen LogP contribution < -0.4 is 10.6 Å². The van der Waals surface area contributed by atoms with Crippen LogP contribution in [-0.4, -0.2) is 32.1 Å². The molecule has 50 heavy (non-hydrogen) atoms. The second kappa shape index (κ2) is 18.1.